The summed E-state index contributed by atoms with van der Waals surface area (Å²) in [5, 5.41) is 5.22. The zero-order chi connectivity index (χ0) is 25.1. The maximum Gasteiger partial charge on any atom is 0.296 e. The number of rotatable bonds is 6. The molecule has 0 fully saturated rings. The second-order valence-electron chi connectivity index (χ2n) is 8.12. The normalized spacial score (nSPS) is 10.6. The minimum atomic E-state index is -0.809. The fourth-order valence-electron chi connectivity index (χ4n) is 3.66. The van der Waals surface area contributed by atoms with Crippen LogP contribution in [0.4, 0.5) is 11.4 Å². The molecule has 0 saturated carbocycles. The van der Waals surface area contributed by atoms with Gasteiger partial charge in [-0.2, -0.15) is 0 Å². The fourth-order valence-corrected chi connectivity index (χ4v) is 3.66. The van der Waals surface area contributed by atoms with Crippen LogP contribution in [-0.2, 0) is 11.8 Å². The van der Waals surface area contributed by atoms with Crippen LogP contribution >= 0.6 is 0 Å². The summed E-state index contributed by atoms with van der Waals surface area (Å²) in [5.74, 6) is -2.01. The maximum atomic E-state index is 13.1. The van der Waals surface area contributed by atoms with Gasteiger partial charge in [-0.1, -0.05) is 54.1 Å². The Bertz CT molecular complexity index is 1480. The topological polar surface area (TPSA) is 102 Å². The smallest absolute Gasteiger partial charge is 0.296 e. The lowest BCUT2D eigenvalue weighted by molar-refractivity contribution is -0.112. The Kier molecular flexibility index (Phi) is 6.46. The van der Waals surface area contributed by atoms with Gasteiger partial charge in [-0.3, -0.25) is 23.9 Å². The largest absolute Gasteiger partial charge is 0.319 e. The molecule has 1 heterocycles. The first-order chi connectivity index (χ1) is 16.8. The van der Waals surface area contributed by atoms with E-state index in [1.165, 1.54) is 10.7 Å². The molecule has 2 N–H and O–H groups in total. The van der Waals surface area contributed by atoms with E-state index in [-0.39, 0.29) is 28.1 Å². The Balaban J connectivity index is 1.53. The first-order valence-corrected chi connectivity index (χ1v) is 10.9. The second-order valence-corrected chi connectivity index (χ2v) is 8.12. The molecule has 8 heteroatoms. The number of Topliss-reactive ketones (excluding diaryl/α,β-unsaturated/α-hetero) is 1. The average molecular weight is 469 g/mol. The predicted octanol–water partition coefficient (Wildman–Crippen LogP) is 3.87. The first-order valence-electron chi connectivity index (χ1n) is 10.9. The van der Waals surface area contributed by atoms with E-state index < -0.39 is 17.6 Å². The van der Waals surface area contributed by atoms with E-state index in [9.17, 15) is 19.2 Å². The Morgan fingerprint density at radius 3 is 2.14 bits per heavy atom. The van der Waals surface area contributed by atoms with Crippen LogP contribution in [0.1, 0.15) is 32.0 Å². The Hall–Kier alpha value is -4.72. The Morgan fingerprint density at radius 2 is 1.46 bits per heavy atom. The van der Waals surface area contributed by atoms with Crippen LogP contribution in [0.5, 0.6) is 0 Å². The number of aryl methyl sites for hydroxylation is 1. The third kappa shape index (κ3) is 4.81. The van der Waals surface area contributed by atoms with Crippen molar-refractivity contribution >= 4 is 29.0 Å². The Labute approximate surface area is 201 Å². The summed E-state index contributed by atoms with van der Waals surface area (Å²) in [7, 11) is 1.74. The van der Waals surface area contributed by atoms with E-state index in [1.54, 1.807) is 73.3 Å². The molecule has 0 saturated heterocycles. The van der Waals surface area contributed by atoms with Crippen LogP contribution in [0.25, 0.3) is 5.69 Å². The molecule has 4 rings (SSSR count). The SMILES string of the molecule is Cc1ccc(C(=O)C(=O)Nc2cccc(C(=O)Nc3c(C)n(C)n(-c4ccccc4)c3=O)c2)cc1. The molecule has 0 aliphatic heterocycles. The molecule has 0 aliphatic carbocycles. The van der Waals surface area contributed by atoms with Gasteiger partial charge in [0, 0.05) is 23.9 Å². The standard InChI is InChI=1S/C27H24N4O4/c1-17-12-14-19(15-13-17)24(32)26(34)28-21-9-7-8-20(16-21)25(33)29-23-18(2)30(3)31(27(23)35)22-10-5-4-6-11-22/h4-16H,1-3H3,(H,28,34)(H,29,33). The number of hydrogen-bond acceptors (Lipinski definition) is 4. The zero-order valence-corrected chi connectivity index (χ0v) is 19.5. The molecule has 0 atom stereocenters. The van der Waals surface area contributed by atoms with E-state index in [2.05, 4.69) is 10.6 Å². The van der Waals surface area contributed by atoms with Gasteiger partial charge in [-0.05, 0) is 44.2 Å². The molecule has 35 heavy (non-hydrogen) atoms. The summed E-state index contributed by atoms with van der Waals surface area (Å²) >= 11 is 0. The number of para-hydroxylation sites is 1. The van der Waals surface area contributed by atoms with E-state index in [0.29, 0.717) is 11.4 Å². The van der Waals surface area contributed by atoms with Gasteiger partial charge in [0.1, 0.15) is 5.69 Å². The molecule has 0 unspecified atom stereocenters. The number of carbonyl (C=O) groups is 3. The third-order valence-corrected chi connectivity index (χ3v) is 5.70. The van der Waals surface area contributed by atoms with E-state index >= 15 is 0 Å². The second kappa shape index (κ2) is 9.64. The lowest BCUT2D eigenvalue weighted by Gasteiger charge is -2.08. The molecule has 2 amide bonds. The molecule has 0 bridgehead atoms. The van der Waals surface area contributed by atoms with Crippen molar-refractivity contribution in [3.05, 3.63) is 112 Å². The molecule has 176 valence electrons. The van der Waals surface area contributed by atoms with Crippen LogP contribution in [0.15, 0.2) is 83.7 Å². The third-order valence-electron chi connectivity index (χ3n) is 5.70. The van der Waals surface area contributed by atoms with Crippen LogP contribution < -0.4 is 16.2 Å². The molecular formula is C27H24N4O4. The molecular weight excluding hydrogens is 444 g/mol. The molecule has 3 aromatic carbocycles. The van der Waals surface area contributed by atoms with E-state index in [0.717, 1.165) is 5.56 Å². The van der Waals surface area contributed by atoms with Gasteiger partial charge in [0.25, 0.3) is 23.2 Å². The van der Waals surface area contributed by atoms with E-state index in [4.69, 9.17) is 0 Å². The first kappa shape index (κ1) is 23.4. The molecule has 1 aromatic heterocycles. The van der Waals surface area contributed by atoms with Gasteiger partial charge in [-0.25, -0.2) is 4.68 Å². The van der Waals surface area contributed by atoms with Crippen molar-refractivity contribution in [1.82, 2.24) is 9.36 Å². The maximum absolute atomic E-state index is 13.1. The summed E-state index contributed by atoms with van der Waals surface area (Å²) in [6, 6.07) is 22.0. The number of nitrogens with one attached hydrogen (secondary N) is 2. The van der Waals surface area contributed by atoms with Crippen LogP contribution in [0.3, 0.4) is 0 Å². The highest BCUT2D eigenvalue weighted by atomic mass is 16.2. The number of nitrogens with zero attached hydrogens (tertiary/aromatic N) is 2. The molecule has 4 aromatic rings. The van der Waals surface area contributed by atoms with Gasteiger partial charge >= 0.3 is 0 Å². The lowest BCUT2D eigenvalue weighted by atomic mass is 10.1. The van der Waals surface area contributed by atoms with Crippen molar-refractivity contribution in [3.8, 4) is 5.69 Å². The lowest BCUT2D eigenvalue weighted by Crippen LogP contribution is -2.24. The van der Waals surface area contributed by atoms with Gasteiger partial charge in [0.2, 0.25) is 0 Å². The number of ketones is 1. The predicted molar refractivity (Wildman–Crippen MR) is 134 cm³/mol. The number of amides is 2. The Morgan fingerprint density at radius 1 is 0.771 bits per heavy atom. The molecule has 0 radical (unpaired) electrons. The summed E-state index contributed by atoms with van der Waals surface area (Å²) in [5.41, 5.74) is 2.81. The number of aromatic nitrogens is 2. The van der Waals surface area contributed by atoms with Crippen molar-refractivity contribution in [1.29, 1.82) is 0 Å². The highest BCUT2D eigenvalue weighted by molar-refractivity contribution is 6.46. The zero-order valence-electron chi connectivity index (χ0n) is 19.5. The minimum absolute atomic E-state index is 0.158. The summed E-state index contributed by atoms with van der Waals surface area (Å²) in [4.78, 5) is 50.8. The van der Waals surface area contributed by atoms with Gasteiger partial charge in [-0.15, -0.1) is 0 Å². The van der Waals surface area contributed by atoms with Crippen molar-refractivity contribution in [2.24, 2.45) is 7.05 Å². The summed E-state index contributed by atoms with van der Waals surface area (Å²) in [6.07, 6.45) is 0. The van der Waals surface area contributed by atoms with Crippen molar-refractivity contribution in [2.45, 2.75) is 13.8 Å². The molecule has 8 nitrogen and oxygen atoms in total. The van der Waals surface area contributed by atoms with Crippen molar-refractivity contribution in [3.63, 3.8) is 0 Å². The number of benzene rings is 3. The van der Waals surface area contributed by atoms with Crippen LogP contribution in [0, 0.1) is 13.8 Å². The summed E-state index contributed by atoms with van der Waals surface area (Å²) < 4.78 is 3.14. The van der Waals surface area contributed by atoms with Gasteiger partial charge < -0.3 is 10.6 Å². The average Bonchev–Trinajstić information content (AvgIpc) is 3.07. The van der Waals surface area contributed by atoms with E-state index in [1.807, 2.05) is 25.1 Å². The minimum Gasteiger partial charge on any atom is -0.319 e. The highest BCUT2D eigenvalue weighted by Crippen LogP contribution is 2.17. The number of anilines is 2. The van der Waals surface area contributed by atoms with Crippen LogP contribution in [0.2, 0.25) is 0 Å². The number of carbonyl (C=O) groups excluding carboxylic acids is 3. The summed E-state index contributed by atoms with van der Waals surface area (Å²) in [6.45, 7) is 3.63. The van der Waals surface area contributed by atoms with Crippen LogP contribution in [-0.4, -0.2) is 27.0 Å². The monoisotopic (exact) mass is 468 g/mol. The number of hydrogen-bond donors (Lipinski definition) is 2. The van der Waals surface area contributed by atoms with Crippen molar-refractivity contribution in [2.75, 3.05) is 10.6 Å². The van der Waals surface area contributed by atoms with Gasteiger partial charge in [0.05, 0.1) is 11.4 Å². The molecule has 0 spiro atoms. The van der Waals surface area contributed by atoms with Crippen molar-refractivity contribution < 1.29 is 14.4 Å². The quantitative estimate of drug-likeness (QED) is 0.331. The highest BCUT2D eigenvalue weighted by Gasteiger charge is 2.20. The fraction of sp³-hybridized carbons (Fsp3) is 0.111. The molecule has 0 aliphatic rings. The van der Waals surface area contributed by atoms with Gasteiger partial charge in [0.15, 0.2) is 0 Å².